The van der Waals surface area contributed by atoms with Crippen LogP contribution in [0, 0.1) is 0 Å². The van der Waals surface area contributed by atoms with Gasteiger partial charge in [-0.3, -0.25) is 0 Å². The molecule has 0 bridgehead atoms. The van der Waals surface area contributed by atoms with Gasteiger partial charge in [-0.15, -0.1) is 0 Å². The summed E-state index contributed by atoms with van der Waals surface area (Å²) < 4.78 is 0. The fraction of sp³-hybridized carbons (Fsp3) is 0.562. The number of likely N-dealkylation sites (N-methyl/N-ethyl adjacent to an activating group) is 2. The first kappa shape index (κ1) is 17.8. The lowest BCUT2D eigenvalue weighted by molar-refractivity contribution is 0.202. The number of rotatable bonds is 5. The van der Waals surface area contributed by atoms with E-state index in [1.165, 1.54) is 4.90 Å². The molecule has 2 rings (SSSR count). The Labute approximate surface area is 142 Å². The molecule has 1 saturated heterocycles. The van der Waals surface area contributed by atoms with Gasteiger partial charge in [-0.25, -0.2) is 4.79 Å². The minimum absolute atomic E-state index is 0.0642. The second-order valence-corrected chi connectivity index (χ2v) is 6.09. The van der Waals surface area contributed by atoms with Crippen molar-refractivity contribution in [3.05, 3.63) is 23.2 Å². The molecular weight excluding hydrogens is 316 g/mol. The van der Waals surface area contributed by atoms with Crippen LogP contribution in [-0.4, -0.2) is 73.9 Å². The van der Waals surface area contributed by atoms with Gasteiger partial charge >= 0.3 is 6.03 Å². The molecule has 23 heavy (non-hydrogen) atoms. The Morgan fingerprint density at radius 3 is 2.65 bits per heavy atom. The first-order valence-electron chi connectivity index (χ1n) is 7.95. The highest BCUT2D eigenvalue weighted by Gasteiger charge is 2.20. The van der Waals surface area contributed by atoms with E-state index in [0.29, 0.717) is 10.7 Å². The minimum atomic E-state index is -0.255. The summed E-state index contributed by atoms with van der Waals surface area (Å²) in [6.07, 6.45) is 0. The van der Waals surface area contributed by atoms with Gasteiger partial charge in [0.25, 0.3) is 0 Å². The van der Waals surface area contributed by atoms with Crippen molar-refractivity contribution in [2.24, 2.45) is 0 Å². The van der Waals surface area contributed by atoms with Gasteiger partial charge in [0.15, 0.2) is 0 Å². The predicted octanol–water partition coefficient (Wildman–Crippen LogP) is 1.94. The molecule has 0 aromatic heterocycles. The Morgan fingerprint density at radius 2 is 2.04 bits per heavy atom. The first-order valence-corrected chi connectivity index (χ1v) is 8.32. The molecule has 0 atom stereocenters. The summed E-state index contributed by atoms with van der Waals surface area (Å²) in [5.74, 6) is 0. The fourth-order valence-corrected chi connectivity index (χ4v) is 2.82. The number of hydrogen-bond donors (Lipinski definition) is 2. The van der Waals surface area contributed by atoms with Crippen molar-refractivity contribution in [3.63, 3.8) is 0 Å². The zero-order valence-corrected chi connectivity index (χ0v) is 14.5. The minimum Gasteiger partial charge on any atom is -0.395 e. The summed E-state index contributed by atoms with van der Waals surface area (Å²) in [5.41, 5.74) is 1.69. The van der Waals surface area contributed by atoms with Crippen LogP contribution in [0.1, 0.15) is 6.92 Å². The number of amides is 2. The van der Waals surface area contributed by atoms with Crippen molar-refractivity contribution in [1.29, 1.82) is 0 Å². The highest BCUT2D eigenvalue weighted by atomic mass is 35.5. The zero-order valence-electron chi connectivity index (χ0n) is 13.8. The average molecular weight is 341 g/mol. The van der Waals surface area contributed by atoms with Crippen molar-refractivity contribution < 1.29 is 9.90 Å². The molecule has 0 saturated carbocycles. The third-order valence-electron chi connectivity index (χ3n) is 4.14. The van der Waals surface area contributed by atoms with Crippen LogP contribution in [0.15, 0.2) is 18.2 Å². The summed E-state index contributed by atoms with van der Waals surface area (Å²) in [7, 11) is 1.65. The van der Waals surface area contributed by atoms with Gasteiger partial charge < -0.3 is 25.1 Å². The first-order chi connectivity index (χ1) is 11.0. The van der Waals surface area contributed by atoms with E-state index in [1.807, 2.05) is 12.1 Å². The number of anilines is 2. The van der Waals surface area contributed by atoms with Crippen molar-refractivity contribution in [2.45, 2.75) is 6.92 Å². The molecule has 1 heterocycles. The molecule has 1 aromatic carbocycles. The smallest absolute Gasteiger partial charge is 0.321 e. The Kier molecular flexibility index (Phi) is 6.50. The monoisotopic (exact) mass is 340 g/mol. The van der Waals surface area contributed by atoms with Gasteiger partial charge in [-0.2, -0.15) is 0 Å². The summed E-state index contributed by atoms with van der Waals surface area (Å²) in [6, 6.07) is 5.31. The highest BCUT2D eigenvalue weighted by Crippen LogP contribution is 2.30. The predicted molar refractivity (Wildman–Crippen MR) is 94.5 cm³/mol. The molecule has 2 amide bonds. The number of aliphatic hydroxyl groups excluding tert-OH is 1. The molecule has 2 N–H and O–H groups in total. The van der Waals surface area contributed by atoms with Gasteiger partial charge in [0, 0.05) is 44.8 Å². The number of nitrogens with zero attached hydrogens (tertiary/aromatic N) is 3. The molecule has 0 radical (unpaired) electrons. The van der Waals surface area contributed by atoms with E-state index in [0.717, 1.165) is 38.4 Å². The van der Waals surface area contributed by atoms with Crippen molar-refractivity contribution in [1.82, 2.24) is 9.80 Å². The quantitative estimate of drug-likeness (QED) is 0.860. The molecular formula is C16H25ClN4O2. The van der Waals surface area contributed by atoms with Crippen molar-refractivity contribution in [2.75, 3.05) is 63.1 Å². The van der Waals surface area contributed by atoms with Gasteiger partial charge in [-0.05, 0) is 24.7 Å². The lowest BCUT2D eigenvalue weighted by Gasteiger charge is -2.36. The Bertz CT molecular complexity index is 533. The lowest BCUT2D eigenvalue weighted by Crippen LogP contribution is -2.46. The normalized spacial score (nSPS) is 15.6. The number of piperazine rings is 1. The Morgan fingerprint density at radius 1 is 1.35 bits per heavy atom. The third-order valence-corrected chi connectivity index (χ3v) is 4.38. The maximum atomic E-state index is 12.2. The Balaban J connectivity index is 2.13. The molecule has 1 aromatic rings. The van der Waals surface area contributed by atoms with Crippen LogP contribution in [0.3, 0.4) is 0 Å². The van der Waals surface area contributed by atoms with Crippen LogP contribution in [0.5, 0.6) is 0 Å². The van der Waals surface area contributed by atoms with E-state index in [1.54, 1.807) is 13.1 Å². The van der Waals surface area contributed by atoms with E-state index in [9.17, 15) is 4.79 Å². The number of aliphatic hydroxyl groups is 1. The molecule has 1 aliphatic heterocycles. The molecule has 6 nitrogen and oxygen atoms in total. The topological polar surface area (TPSA) is 59.0 Å². The second kappa shape index (κ2) is 8.38. The number of nitrogens with one attached hydrogen (secondary N) is 1. The van der Waals surface area contributed by atoms with Crippen LogP contribution >= 0.6 is 11.6 Å². The average Bonchev–Trinajstić information content (AvgIpc) is 2.55. The number of carbonyl (C=O) groups is 1. The molecule has 0 spiro atoms. The molecule has 0 aliphatic carbocycles. The Hall–Kier alpha value is -1.50. The van der Waals surface area contributed by atoms with E-state index in [-0.39, 0.29) is 19.2 Å². The third kappa shape index (κ3) is 4.73. The van der Waals surface area contributed by atoms with Gasteiger partial charge in [0.1, 0.15) is 0 Å². The number of benzene rings is 1. The number of urea groups is 1. The van der Waals surface area contributed by atoms with Crippen LogP contribution in [0.2, 0.25) is 5.02 Å². The van der Waals surface area contributed by atoms with Gasteiger partial charge in [-0.1, -0.05) is 18.5 Å². The van der Waals surface area contributed by atoms with E-state index >= 15 is 0 Å². The lowest BCUT2D eigenvalue weighted by atomic mass is 10.2. The molecule has 7 heteroatoms. The molecule has 1 aliphatic rings. The standard InChI is InChI=1S/C16H25ClN4O2/c1-3-20-6-8-21(9-7-20)15-5-4-13(17)12-14(15)18-16(23)19(2)10-11-22/h4-5,12,22H,3,6-11H2,1-2H3,(H,18,23). The number of hydrogen-bond acceptors (Lipinski definition) is 4. The van der Waals surface area contributed by atoms with E-state index < -0.39 is 0 Å². The summed E-state index contributed by atoms with van der Waals surface area (Å²) in [4.78, 5) is 18.3. The SMILES string of the molecule is CCN1CCN(c2ccc(Cl)cc2NC(=O)N(C)CCO)CC1. The molecule has 0 unspecified atom stereocenters. The van der Waals surface area contributed by atoms with Crippen LogP contribution in [0.25, 0.3) is 0 Å². The van der Waals surface area contributed by atoms with Crippen LogP contribution < -0.4 is 10.2 Å². The second-order valence-electron chi connectivity index (χ2n) is 5.66. The summed E-state index contributed by atoms with van der Waals surface area (Å²) in [5, 5.41) is 12.4. The fourth-order valence-electron chi connectivity index (χ4n) is 2.65. The highest BCUT2D eigenvalue weighted by molar-refractivity contribution is 6.31. The number of halogens is 1. The summed E-state index contributed by atoms with van der Waals surface area (Å²) in [6.45, 7) is 7.32. The van der Waals surface area contributed by atoms with E-state index in [2.05, 4.69) is 22.0 Å². The maximum absolute atomic E-state index is 12.2. The molecule has 1 fully saturated rings. The largest absolute Gasteiger partial charge is 0.395 e. The number of carbonyl (C=O) groups excluding carboxylic acids is 1. The van der Waals surface area contributed by atoms with Crippen LogP contribution in [0.4, 0.5) is 16.2 Å². The van der Waals surface area contributed by atoms with Crippen molar-refractivity contribution >= 4 is 29.0 Å². The zero-order chi connectivity index (χ0) is 16.8. The van der Waals surface area contributed by atoms with Crippen molar-refractivity contribution in [3.8, 4) is 0 Å². The molecule has 128 valence electrons. The summed E-state index contributed by atoms with van der Waals surface area (Å²) >= 11 is 6.09. The van der Waals surface area contributed by atoms with Gasteiger partial charge in [0.05, 0.1) is 18.0 Å². The van der Waals surface area contributed by atoms with Gasteiger partial charge in [0.2, 0.25) is 0 Å². The van der Waals surface area contributed by atoms with E-state index in [4.69, 9.17) is 16.7 Å². The maximum Gasteiger partial charge on any atom is 0.321 e. The van der Waals surface area contributed by atoms with Crippen LogP contribution in [-0.2, 0) is 0 Å².